The third-order valence-electron chi connectivity index (χ3n) is 2.15. The van der Waals surface area contributed by atoms with Crippen molar-refractivity contribution in [1.29, 1.82) is 10.7 Å². The zero-order valence-corrected chi connectivity index (χ0v) is 10.6. The minimum atomic E-state index is -0.788. The SMILES string of the molecule is CNc1n[nH]c(C(=O)N=C(N)/C=C(\N)C#N)c1C(=N)N. The van der Waals surface area contributed by atoms with E-state index in [4.69, 9.17) is 27.9 Å². The van der Waals surface area contributed by atoms with E-state index >= 15 is 0 Å². The molecule has 20 heavy (non-hydrogen) atoms. The van der Waals surface area contributed by atoms with E-state index < -0.39 is 5.91 Å². The van der Waals surface area contributed by atoms with Crippen LogP contribution in [0, 0.1) is 16.7 Å². The van der Waals surface area contributed by atoms with E-state index in [2.05, 4.69) is 20.5 Å². The number of aliphatic imine (C=N–C) groups is 1. The van der Waals surface area contributed by atoms with Crippen LogP contribution in [-0.4, -0.2) is 34.8 Å². The zero-order chi connectivity index (χ0) is 15.3. The molecule has 1 heterocycles. The maximum absolute atomic E-state index is 11.9. The van der Waals surface area contributed by atoms with Crippen LogP contribution >= 0.6 is 0 Å². The summed E-state index contributed by atoms with van der Waals surface area (Å²) >= 11 is 0. The topological polar surface area (TPSA) is 196 Å². The van der Waals surface area contributed by atoms with Crippen molar-refractivity contribution in [2.45, 2.75) is 0 Å². The summed E-state index contributed by atoms with van der Waals surface area (Å²) in [7, 11) is 1.56. The van der Waals surface area contributed by atoms with Crippen LogP contribution in [0.5, 0.6) is 0 Å². The minimum absolute atomic E-state index is 0.0891. The summed E-state index contributed by atoms with van der Waals surface area (Å²) in [5, 5.41) is 24.8. The average molecular weight is 275 g/mol. The molecule has 0 aliphatic rings. The van der Waals surface area contributed by atoms with Crippen LogP contribution in [0.4, 0.5) is 5.82 Å². The highest BCUT2D eigenvalue weighted by Crippen LogP contribution is 2.16. The van der Waals surface area contributed by atoms with Crippen LogP contribution in [0.3, 0.4) is 0 Å². The number of nitrogens with one attached hydrogen (secondary N) is 3. The summed E-state index contributed by atoms with van der Waals surface area (Å²) in [5.41, 5.74) is 15.9. The molecule has 0 bridgehead atoms. The Kier molecular flexibility index (Phi) is 4.42. The van der Waals surface area contributed by atoms with E-state index in [1.165, 1.54) is 0 Å². The van der Waals surface area contributed by atoms with Gasteiger partial charge in [0.15, 0.2) is 5.82 Å². The van der Waals surface area contributed by atoms with Gasteiger partial charge in [0.2, 0.25) is 0 Å². The number of amidine groups is 2. The molecule has 0 spiro atoms. The molecule has 1 amide bonds. The molecule has 0 aliphatic heterocycles. The number of nitrogen functional groups attached to an aromatic ring is 1. The number of rotatable bonds is 4. The number of anilines is 1. The fourth-order valence-electron chi connectivity index (χ4n) is 1.34. The van der Waals surface area contributed by atoms with Crippen molar-refractivity contribution in [3.8, 4) is 6.07 Å². The molecule has 104 valence electrons. The number of amides is 1. The average Bonchev–Trinajstić information content (AvgIpc) is 2.82. The van der Waals surface area contributed by atoms with E-state index in [1.54, 1.807) is 13.1 Å². The van der Waals surface area contributed by atoms with E-state index in [0.29, 0.717) is 0 Å². The highest BCUT2D eigenvalue weighted by Gasteiger charge is 2.20. The second kappa shape index (κ2) is 6.01. The quantitative estimate of drug-likeness (QED) is 0.220. The van der Waals surface area contributed by atoms with Gasteiger partial charge < -0.3 is 22.5 Å². The Morgan fingerprint density at radius 3 is 2.70 bits per heavy atom. The molecule has 10 heteroatoms. The number of hydrogen-bond donors (Lipinski definition) is 6. The lowest BCUT2D eigenvalue weighted by Crippen LogP contribution is -2.18. The molecule has 10 nitrogen and oxygen atoms in total. The Hall–Kier alpha value is -3.35. The van der Waals surface area contributed by atoms with E-state index in [9.17, 15) is 4.79 Å². The summed E-state index contributed by atoms with van der Waals surface area (Å²) in [4.78, 5) is 15.4. The predicted octanol–water partition coefficient (Wildman–Crippen LogP) is -1.40. The highest BCUT2D eigenvalue weighted by atomic mass is 16.1. The molecule has 0 saturated heterocycles. The summed E-state index contributed by atoms with van der Waals surface area (Å²) < 4.78 is 0. The number of nitrogens with two attached hydrogens (primary N) is 3. The van der Waals surface area contributed by atoms with E-state index in [-0.39, 0.29) is 34.4 Å². The maximum atomic E-state index is 11.9. The predicted molar refractivity (Wildman–Crippen MR) is 73.0 cm³/mol. The molecule has 9 N–H and O–H groups in total. The monoisotopic (exact) mass is 275 g/mol. The second-order valence-electron chi connectivity index (χ2n) is 3.54. The lowest BCUT2D eigenvalue weighted by atomic mass is 10.2. The van der Waals surface area contributed by atoms with Crippen molar-refractivity contribution >= 4 is 23.4 Å². The van der Waals surface area contributed by atoms with Gasteiger partial charge in [-0.25, -0.2) is 0 Å². The number of hydrogen-bond acceptors (Lipinski definition) is 6. The fourth-order valence-corrected chi connectivity index (χ4v) is 1.34. The fraction of sp³-hybridized carbons (Fsp3) is 0.100. The Labute approximate surface area is 113 Å². The first-order chi connectivity index (χ1) is 9.40. The lowest BCUT2D eigenvalue weighted by Gasteiger charge is -2.00. The Morgan fingerprint density at radius 2 is 2.20 bits per heavy atom. The van der Waals surface area contributed by atoms with E-state index in [0.717, 1.165) is 6.08 Å². The third kappa shape index (κ3) is 3.10. The van der Waals surface area contributed by atoms with Gasteiger partial charge in [0, 0.05) is 13.1 Å². The molecule has 0 aliphatic carbocycles. The van der Waals surface area contributed by atoms with Crippen LogP contribution in [-0.2, 0) is 0 Å². The maximum Gasteiger partial charge on any atom is 0.297 e. The van der Waals surface area contributed by atoms with Crippen molar-refractivity contribution in [3.63, 3.8) is 0 Å². The molecule has 0 radical (unpaired) electrons. The number of aromatic amines is 1. The van der Waals surface area contributed by atoms with Crippen LogP contribution < -0.4 is 22.5 Å². The number of aromatic nitrogens is 2. The summed E-state index contributed by atoms with van der Waals surface area (Å²) in [5.74, 6) is -1.15. The van der Waals surface area contributed by atoms with Crippen molar-refractivity contribution in [2.75, 3.05) is 12.4 Å². The van der Waals surface area contributed by atoms with Gasteiger partial charge in [0.25, 0.3) is 5.91 Å². The first-order valence-corrected chi connectivity index (χ1v) is 5.27. The molecule has 0 unspecified atom stereocenters. The molecule has 0 fully saturated rings. The molecule has 0 atom stereocenters. The number of nitrogens with zero attached hydrogens (tertiary/aromatic N) is 3. The smallest absolute Gasteiger partial charge is 0.297 e. The number of carbonyl (C=O) groups is 1. The molecule has 1 aromatic heterocycles. The number of nitriles is 1. The normalized spacial score (nSPS) is 11.8. The van der Waals surface area contributed by atoms with Gasteiger partial charge in [-0.05, 0) is 0 Å². The second-order valence-corrected chi connectivity index (χ2v) is 3.54. The first-order valence-electron chi connectivity index (χ1n) is 5.27. The number of H-pyrrole nitrogens is 1. The number of carbonyl (C=O) groups excluding carboxylic acids is 1. The van der Waals surface area contributed by atoms with Gasteiger partial charge in [-0.15, -0.1) is 0 Å². The van der Waals surface area contributed by atoms with E-state index in [1.807, 2.05) is 0 Å². The Morgan fingerprint density at radius 1 is 1.55 bits per heavy atom. The van der Waals surface area contributed by atoms with Gasteiger partial charge in [-0.3, -0.25) is 15.3 Å². The Bertz CT molecular complexity index is 646. The lowest BCUT2D eigenvalue weighted by molar-refractivity contribution is 0.0998. The van der Waals surface area contributed by atoms with Crippen molar-refractivity contribution in [2.24, 2.45) is 22.2 Å². The van der Waals surface area contributed by atoms with Crippen LogP contribution in [0.1, 0.15) is 16.1 Å². The molecule has 0 aromatic carbocycles. The van der Waals surface area contributed by atoms with Gasteiger partial charge >= 0.3 is 0 Å². The molecule has 0 saturated carbocycles. The Balaban J connectivity index is 3.18. The van der Waals surface area contributed by atoms with Crippen molar-refractivity contribution in [3.05, 3.63) is 23.0 Å². The first kappa shape index (κ1) is 14.7. The zero-order valence-electron chi connectivity index (χ0n) is 10.6. The largest absolute Gasteiger partial charge is 0.390 e. The van der Waals surface area contributed by atoms with Crippen LogP contribution in [0.2, 0.25) is 0 Å². The van der Waals surface area contributed by atoms with Gasteiger partial charge in [0.1, 0.15) is 29.1 Å². The standard InChI is InChI=1S/C10H13N9O/c1-16-9-6(8(14)15)7(18-19-9)10(20)17-5(13)2-4(12)3-11/h2H,12H2,1H3,(H3,14,15)(H2,13,17,20)(H2,16,18,19)/b4-2-. The molecular formula is C10H13N9O. The third-order valence-corrected chi connectivity index (χ3v) is 2.15. The highest BCUT2D eigenvalue weighted by molar-refractivity contribution is 6.13. The van der Waals surface area contributed by atoms with Crippen molar-refractivity contribution < 1.29 is 4.79 Å². The van der Waals surface area contributed by atoms with Gasteiger partial charge in [0.05, 0.1) is 5.56 Å². The summed E-state index contributed by atoms with van der Waals surface area (Å²) in [6, 6.07) is 1.63. The minimum Gasteiger partial charge on any atom is -0.390 e. The number of allylic oxidation sites excluding steroid dienone is 1. The van der Waals surface area contributed by atoms with Crippen LogP contribution in [0.25, 0.3) is 0 Å². The molecule has 1 rings (SSSR count). The summed E-state index contributed by atoms with van der Waals surface area (Å²) in [6.07, 6.45) is 1.04. The van der Waals surface area contributed by atoms with Gasteiger partial charge in [-0.1, -0.05) is 0 Å². The summed E-state index contributed by atoms with van der Waals surface area (Å²) in [6.45, 7) is 0. The molecular weight excluding hydrogens is 262 g/mol. The molecule has 1 aromatic rings. The van der Waals surface area contributed by atoms with Gasteiger partial charge in [-0.2, -0.15) is 15.4 Å². The van der Waals surface area contributed by atoms with Crippen molar-refractivity contribution in [1.82, 2.24) is 10.2 Å². The van der Waals surface area contributed by atoms with Crippen LogP contribution in [0.15, 0.2) is 16.8 Å².